The fourth-order valence-electron chi connectivity index (χ4n) is 5.78. The largest absolute Gasteiger partial charge is 0.292 e. The Hall–Kier alpha value is -2.99. The SMILES string of the molecule is Cc1ccc(C(=O)CN(C(=O)c2ccccc2Cl)N2C(=O)[C@@H]3[C@H]4CC[C@@H](C4)[C@H]3C2=O)cc1C. The first-order valence-corrected chi connectivity index (χ1v) is 11.7. The van der Waals surface area contributed by atoms with Crippen molar-refractivity contribution in [2.45, 2.75) is 33.1 Å². The van der Waals surface area contributed by atoms with E-state index in [0.29, 0.717) is 5.56 Å². The van der Waals surface area contributed by atoms with Gasteiger partial charge in [-0.15, -0.1) is 0 Å². The van der Waals surface area contributed by atoms with Crippen LogP contribution in [-0.2, 0) is 9.59 Å². The lowest BCUT2D eigenvalue weighted by Gasteiger charge is -2.31. The third-order valence-corrected chi connectivity index (χ3v) is 7.94. The molecular formula is C26H25ClN2O4. The smallest absolute Gasteiger partial charge is 0.274 e. The molecule has 2 bridgehead atoms. The summed E-state index contributed by atoms with van der Waals surface area (Å²) in [7, 11) is 0. The van der Waals surface area contributed by atoms with Gasteiger partial charge in [0.1, 0.15) is 6.54 Å². The number of aryl methyl sites for hydroxylation is 2. The van der Waals surface area contributed by atoms with Crippen molar-refractivity contribution in [1.82, 2.24) is 10.0 Å². The Morgan fingerprint density at radius 1 is 0.970 bits per heavy atom. The molecular weight excluding hydrogens is 440 g/mol. The number of imide groups is 1. The number of hydrogen-bond acceptors (Lipinski definition) is 4. The van der Waals surface area contributed by atoms with Gasteiger partial charge in [0.05, 0.1) is 22.4 Å². The minimum Gasteiger partial charge on any atom is -0.292 e. The van der Waals surface area contributed by atoms with Crippen LogP contribution >= 0.6 is 11.6 Å². The summed E-state index contributed by atoms with van der Waals surface area (Å²) in [5.41, 5.74) is 2.56. The number of halogens is 1. The number of benzene rings is 2. The number of fused-ring (bicyclic) bond motifs is 5. The van der Waals surface area contributed by atoms with Gasteiger partial charge in [0, 0.05) is 5.56 Å². The highest BCUT2D eigenvalue weighted by molar-refractivity contribution is 6.34. The molecule has 33 heavy (non-hydrogen) atoms. The van der Waals surface area contributed by atoms with Gasteiger partial charge in [0.15, 0.2) is 5.78 Å². The normalized spacial score (nSPS) is 25.5. The predicted molar refractivity (Wildman–Crippen MR) is 122 cm³/mol. The molecule has 1 aliphatic heterocycles. The van der Waals surface area contributed by atoms with E-state index in [1.54, 1.807) is 30.3 Å². The van der Waals surface area contributed by atoms with Crippen molar-refractivity contribution < 1.29 is 19.2 Å². The van der Waals surface area contributed by atoms with E-state index in [1.807, 2.05) is 19.9 Å². The number of rotatable bonds is 5. The van der Waals surface area contributed by atoms with Crippen LogP contribution in [0.5, 0.6) is 0 Å². The van der Waals surface area contributed by atoms with Crippen molar-refractivity contribution in [2.24, 2.45) is 23.7 Å². The summed E-state index contributed by atoms with van der Waals surface area (Å²) in [4.78, 5) is 53.7. The van der Waals surface area contributed by atoms with Gasteiger partial charge in [-0.25, -0.2) is 5.01 Å². The molecule has 1 saturated heterocycles. The summed E-state index contributed by atoms with van der Waals surface area (Å²) >= 11 is 6.27. The number of hydrogen-bond donors (Lipinski definition) is 0. The first-order chi connectivity index (χ1) is 15.8. The van der Waals surface area contributed by atoms with Crippen LogP contribution in [0.2, 0.25) is 5.02 Å². The highest BCUT2D eigenvalue weighted by atomic mass is 35.5. The van der Waals surface area contributed by atoms with Gasteiger partial charge < -0.3 is 0 Å². The van der Waals surface area contributed by atoms with Gasteiger partial charge in [0.2, 0.25) is 0 Å². The number of hydrazine groups is 1. The van der Waals surface area contributed by atoms with Crippen LogP contribution in [0.15, 0.2) is 42.5 Å². The van der Waals surface area contributed by atoms with Gasteiger partial charge >= 0.3 is 0 Å². The molecule has 0 radical (unpaired) electrons. The zero-order valence-corrected chi connectivity index (χ0v) is 19.3. The standard InChI is InChI=1S/C26H25ClN2O4/c1-14-7-8-16(11-15(14)2)21(30)13-28(24(31)19-5-3-4-6-20(19)27)29-25(32)22-17-9-10-18(12-17)23(22)26(29)33/h3-8,11,17-18,22-23H,9-10,12-13H2,1-2H3/t17-,18-,22+,23+/m0/s1. The predicted octanol–water partition coefficient (Wildman–Crippen LogP) is 4.23. The van der Waals surface area contributed by atoms with Gasteiger partial charge in [-0.1, -0.05) is 35.9 Å². The van der Waals surface area contributed by atoms with Crippen LogP contribution in [-0.4, -0.2) is 40.1 Å². The van der Waals surface area contributed by atoms with Crippen molar-refractivity contribution in [1.29, 1.82) is 0 Å². The summed E-state index contributed by atoms with van der Waals surface area (Å²) < 4.78 is 0. The molecule has 5 rings (SSSR count). The maximum absolute atomic E-state index is 13.6. The molecule has 2 saturated carbocycles. The molecule has 0 aromatic heterocycles. The lowest BCUT2D eigenvalue weighted by Crippen LogP contribution is -2.52. The fourth-order valence-corrected chi connectivity index (χ4v) is 6.00. The summed E-state index contributed by atoms with van der Waals surface area (Å²) in [6.07, 6.45) is 2.75. The number of amides is 3. The van der Waals surface area contributed by atoms with E-state index in [9.17, 15) is 19.2 Å². The van der Waals surface area contributed by atoms with E-state index in [2.05, 4.69) is 0 Å². The van der Waals surface area contributed by atoms with Gasteiger partial charge in [-0.2, -0.15) is 5.01 Å². The molecule has 3 amide bonds. The summed E-state index contributed by atoms with van der Waals surface area (Å²) in [6.45, 7) is 3.44. The van der Waals surface area contributed by atoms with Gasteiger partial charge in [-0.3, -0.25) is 19.2 Å². The molecule has 1 heterocycles. The Balaban J connectivity index is 1.52. The molecule has 0 unspecified atom stereocenters. The second-order valence-corrected chi connectivity index (χ2v) is 9.85. The number of ketones is 1. The average Bonchev–Trinajstić information content (AvgIpc) is 3.48. The Kier molecular flexibility index (Phi) is 5.36. The zero-order chi connectivity index (χ0) is 23.4. The van der Waals surface area contributed by atoms with Crippen molar-refractivity contribution in [3.05, 3.63) is 69.7 Å². The third kappa shape index (κ3) is 3.48. The zero-order valence-electron chi connectivity index (χ0n) is 18.6. The van der Waals surface area contributed by atoms with Crippen LogP contribution < -0.4 is 0 Å². The van der Waals surface area contributed by atoms with Crippen LogP contribution in [0.3, 0.4) is 0 Å². The number of carbonyl (C=O) groups excluding carboxylic acids is 4. The van der Waals surface area contributed by atoms with Crippen LogP contribution in [0.25, 0.3) is 0 Å². The maximum Gasteiger partial charge on any atom is 0.274 e. The molecule has 170 valence electrons. The average molecular weight is 465 g/mol. The van der Waals surface area contributed by atoms with E-state index < -0.39 is 24.3 Å². The van der Waals surface area contributed by atoms with E-state index in [-0.39, 0.29) is 40.0 Å². The topological polar surface area (TPSA) is 74.8 Å². The summed E-state index contributed by atoms with van der Waals surface area (Å²) in [5.74, 6) is -2.16. The second-order valence-electron chi connectivity index (χ2n) is 9.44. The lowest BCUT2D eigenvalue weighted by molar-refractivity contribution is -0.154. The minimum atomic E-state index is -0.633. The van der Waals surface area contributed by atoms with Gasteiger partial charge in [-0.05, 0) is 74.3 Å². The molecule has 3 fully saturated rings. The number of nitrogens with zero attached hydrogens (tertiary/aromatic N) is 2. The Labute approximate surface area is 197 Å². The lowest BCUT2D eigenvalue weighted by atomic mass is 9.81. The molecule has 0 N–H and O–H groups in total. The van der Waals surface area contributed by atoms with Crippen molar-refractivity contribution in [2.75, 3.05) is 6.54 Å². The third-order valence-electron chi connectivity index (χ3n) is 7.61. The molecule has 0 spiro atoms. The number of carbonyl (C=O) groups is 4. The van der Waals surface area contributed by atoms with Crippen molar-refractivity contribution >= 4 is 35.1 Å². The Bertz CT molecular complexity index is 1160. The first kappa shape index (κ1) is 21.8. The van der Waals surface area contributed by atoms with E-state index in [4.69, 9.17) is 11.6 Å². The number of Topliss-reactive ketones (excluding diaryl/α,β-unsaturated/α-hetero) is 1. The van der Waals surface area contributed by atoms with E-state index >= 15 is 0 Å². The highest BCUT2D eigenvalue weighted by Gasteiger charge is 2.62. The molecule has 4 atom stereocenters. The second kappa shape index (κ2) is 8.10. The van der Waals surface area contributed by atoms with Gasteiger partial charge in [0.25, 0.3) is 17.7 Å². The molecule has 7 heteroatoms. The van der Waals surface area contributed by atoms with E-state index in [1.165, 1.54) is 6.07 Å². The molecule has 6 nitrogen and oxygen atoms in total. The van der Waals surface area contributed by atoms with Crippen molar-refractivity contribution in [3.63, 3.8) is 0 Å². The maximum atomic E-state index is 13.6. The minimum absolute atomic E-state index is 0.146. The molecule has 2 aliphatic carbocycles. The van der Waals surface area contributed by atoms with Crippen molar-refractivity contribution in [3.8, 4) is 0 Å². The fraction of sp³-hybridized carbons (Fsp3) is 0.385. The Morgan fingerprint density at radius 3 is 2.21 bits per heavy atom. The quantitative estimate of drug-likeness (QED) is 0.490. The van der Waals surface area contributed by atoms with Crippen LogP contribution in [0.1, 0.15) is 51.1 Å². The Morgan fingerprint density at radius 2 is 1.61 bits per heavy atom. The summed E-state index contributed by atoms with van der Waals surface area (Å²) in [6, 6.07) is 11.8. The monoisotopic (exact) mass is 464 g/mol. The summed E-state index contributed by atoms with van der Waals surface area (Å²) in [5, 5.41) is 2.16. The molecule has 2 aromatic rings. The van der Waals surface area contributed by atoms with Crippen LogP contribution in [0, 0.1) is 37.5 Å². The highest BCUT2D eigenvalue weighted by Crippen LogP contribution is 2.56. The molecule has 2 aromatic carbocycles. The first-order valence-electron chi connectivity index (χ1n) is 11.3. The molecule has 3 aliphatic rings. The van der Waals surface area contributed by atoms with Crippen LogP contribution in [0.4, 0.5) is 0 Å². The van der Waals surface area contributed by atoms with E-state index in [0.717, 1.165) is 40.4 Å².